The topological polar surface area (TPSA) is 0 Å². The van der Waals surface area contributed by atoms with Gasteiger partial charge < -0.3 is 0 Å². The Labute approximate surface area is 78.8 Å². The van der Waals surface area contributed by atoms with Gasteiger partial charge in [-0.25, -0.2) is 0 Å². The Morgan fingerprint density at radius 1 is 1.36 bits per heavy atom. The van der Waals surface area contributed by atoms with Crippen molar-refractivity contribution in [3.05, 3.63) is 34.9 Å². The van der Waals surface area contributed by atoms with Gasteiger partial charge in [0, 0.05) is 4.48 Å². The molecule has 0 fully saturated rings. The summed E-state index contributed by atoms with van der Waals surface area (Å²) in [7, 11) is 0. The normalized spacial score (nSPS) is 11.7. The van der Waals surface area contributed by atoms with Crippen molar-refractivity contribution in [3.8, 4) is 0 Å². The maximum atomic E-state index is 3.61. The van der Waals surface area contributed by atoms with E-state index in [-0.39, 0.29) is 0 Å². The van der Waals surface area contributed by atoms with Crippen LogP contribution in [-0.2, 0) is 0 Å². The molecule has 0 saturated heterocycles. The Hall–Kier alpha value is -0.300. The maximum absolute atomic E-state index is 3.61. The quantitative estimate of drug-likeness (QED) is 0.599. The first kappa shape index (κ1) is 13.3. The number of hydrogen-bond donors (Lipinski definition) is 0. The molecule has 0 heterocycles. The predicted octanol–water partition coefficient (Wildman–Crippen LogP) is 4.44. The molecule has 0 spiro atoms. The highest BCUT2D eigenvalue weighted by Gasteiger charge is 1.81. The molecule has 0 aliphatic rings. The first-order chi connectivity index (χ1) is 5.20. The monoisotopic (exact) mass is 216 g/mol. The van der Waals surface area contributed by atoms with E-state index in [4.69, 9.17) is 0 Å². The fraction of sp³-hybridized carbons (Fsp3) is 0.400. The molecular weight excluding hydrogens is 200 g/mol. The van der Waals surface area contributed by atoms with Crippen LogP contribution >= 0.6 is 15.9 Å². The van der Waals surface area contributed by atoms with E-state index >= 15 is 0 Å². The molecule has 11 heavy (non-hydrogen) atoms. The van der Waals surface area contributed by atoms with Gasteiger partial charge in [-0.05, 0) is 19.9 Å². The number of rotatable bonds is 2. The Balaban J connectivity index is 0. The lowest BCUT2D eigenvalue weighted by molar-refractivity contribution is 1.47. The van der Waals surface area contributed by atoms with E-state index in [1.54, 1.807) is 6.08 Å². The number of hydrogen-bond acceptors (Lipinski definition) is 0. The molecule has 64 valence electrons. The van der Waals surface area contributed by atoms with E-state index in [9.17, 15) is 0 Å². The highest BCUT2D eigenvalue weighted by Crippen LogP contribution is 2.08. The summed E-state index contributed by atoms with van der Waals surface area (Å²) in [6, 6.07) is 0. The minimum absolute atomic E-state index is 1.03. The average molecular weight is 217 g/mol. The molecular formula is C10H17Br. The smallest absolute Gasteiger partial charge is 0.0171 e. The third-order valence-corrected chi connectivity index (χ3v) is 1.57. The van der Waals surface area contributed by atoms with Crippen LogP contribution in [0.25, 0.3) is 0 Å². The van der Waals surface area contributed by atoms with Gasteiger partial charge in [-0.3, -0.25) is 0 Å². The molecule has 0 aromatic rings. The minimum atomic E-state index is 1.03. The van der Waals surface area contributed by atoms with Crippen LogP contribution in [0.1, 0.15) is 27.7 Å². The lowest BCUT2D eigenvalue weighted by atomic mass is 10.3. The molecule has 0 radical (unpaired) electrons. The third kappa shape index (κ3) is 9.70. The van der Waals surface area contributed by atoms with Crippen molar-refractivity contribution < 1.29 is 0 Å². The summed E-state index contributed by atoms with van der Waals surface area (Å²) >= 11 is 3.32. The zero-order valence-electron chi connectivity index (χ0n) is 7.82. The highest BCUT2D eigenvalue weighted by atomic mass is 79.9. The van der Waals surface area contributed by atoms with E-state index in [1.807, 2.05) is 39.8 Å². The van der Waals surface area contributed by atoms with Crippen LogP contribution < -0.4 is 0 Å². The summed E-state index contributed by atoms with van der Waals surface area (Å²) in [5.41, 5.74) is 1.24. The van der Waals surface area contributed by atoms with Crippen LogP contribution in [-0.4, -0.2) is 0 Å². The molecule has 0 aromatic carbocycles. The van der Waals surface area contributed by atoms with Crippen molar-refractivity contribution in [1.29, 1.82) is 0 Å². The molecule has 0 N–H and O–H groups in total. The van der Waals surface area contributed by atoms with Crippen LogP contribution in [0.4, 0.5) is 0 Å². The fourth-order valence-electron chi connectivity index (χ4n) is 0.360. The molecule has 0 aliphatic heterocycles. The lowest BCUT2D eigenvalue weighted by Gasteiger charge is -1.88. The summed E-state index contributed by atoms with van der Waals surface area (Å²) in [4.78, 5) is 0. The second-order valence-corrected chi connectivity index (χ2v) is 2.68. The Morgan fingerprint density at radius 2 is 1.82 bits per heavy atom. The van der Waals surface area contributed by atoms with Gasteiger partial charge >= 0.3 is 0 Å². The Bertz CT molecular complexity index is 152. The summed E-state index contributed by atoms with van der Waals surface area (Å²) in [5, 5.41) is 0. The molecule has 0 nitrogen and oxygen atoms in total. The molecule has 0 aliphatic carbocycles. The van der Waals surface area contributed by atoms with Crippen LogP contribution in [0.2, 0.25) is 0 Å². The zero-order chi connectivity index (χ0) is 9.28. The average Bonchev–Trinajstić information content (AvgIpc) is 2.07. The van der Waals surface area contributed by atoms with Gasteiger partial charge in [0.2, 0.25) is 0 Å². The van der Waals surface area contributed by atoms with Crippen molar-refractivity contribution in [3.63, 3.8) is 0 Å². The Kier molecular flexibility index (Phi) is 11.7. The van der Waals surface area contributed by atoms with Gasteiger partial charge in [-0.15, -0.1) is 0 Å². The second kappa shape index (κ2) is 9.70. The van der Waals surface area contributed by atoms with Crippen LogP contribution in [0.15, 0.2) is 34.9 Å². The maximum Gasteiger partial charge on any atom is 0.0171 e. The first-order valence-electron chi connectivity index (χ1n) is 3.83. The summed E-state index contributed by atoms with van der Waals surface area (Å²) in [6.07, 6.45) is 5.84. The van der Waals surface area contributed by atoms with Crippen LogP contribution in [0.3, 0.4) is 0 Å². The first-order valence-corrected chi connectivity index (χ1v) is 4.62. The van der Waals surface area contributed by atoms with E-state index < -0.39 is 0 Å². The minimum Gasteiger partial charge on any atom is -0.0979 e. The predicted molar refractivity (Wildman–Crippen MR) is 58.0 cm³/mol. The van der Waals surface area contributed by atoms with E-state index in [2.05, 4.69) is 22.5 Å². The highest BCUT2D eigenvalue weighted by molar-refractivity contribution is 9.11. The third-order valence-electron chi connectivity index (χ3n) is 1.02. The SMILES string of the molecule is C=C/C(Br)=C\C(C)=C/C.CC. The Morgan fingerprint density at radius 3 is 2.09 bits per heavy atom. The summed E-state index contributed by atoms with van der Waals surface area (Å²) in [5.74, 6) is 0. The zero-order valence-corrected chi connectivity index (χ0v) is 9.40. The van der Waals surface area contributed by atoms with Crippen LogP contribution in [0, 0.1) is 0 Å². The van der Waals surface area contributed by atoms with Crippen LogP contribution in [0.5, 0.6) is 0 Å². The largest absolute Gasteiger partial charge is 0.0979 e. The van der Waals surface area contributed by atoms with Gasteiger partial charge in [0.25, 0.3) is 0 Å². The standard InChI is InChI=1S/C8H11Br.C2H6/c1-4-7(3)6-8(9)5-2;1-2/h4-6H,2H2,1,3H3;1-2H3/b7-4-,8-6+;. The van der Waals surface area contributed by atoms with E-state index in [1.165, 1.54) is 5.57 Å². The fourth-order valence-corrected chi connectivity index (χ4v) is 0.721. The molecule has 0 amide bonds. The van der Waals surface area contributed by atoms with Gasteiger partial charge in [-0.1, -0.05) is 54.1 Å². The number of allylic oxidation sites excluding steroid dienone is 5. The van der Waals surface area contributed by atoms with Gasteiger partial charge in [0.05, 0.1) is 0 Å². The molecule has 0 unspecified atom stereocenters. The molecule has 0 rings (SSSR count). The van der Waals surface area contributed by atoms with Gasteiger partial charge in [-0.2, -0.15) is 0 Å². The molecule has 0 bridgehead atoms. The summed E-state index contributed by atoms with van der Waals surface area (Å²) < 4.78 is 1.03. The van der Waals surface area contributed by atoms with Crippen molar-refractivity contribution in [2.24, 2.45) is 0 Å². The lowest BCUT2D eigenvalue weighted by Crippen LogP contribution is -1.66. The van der Waals surface area contributed by atoms with Gasteiger partial charge in [0.1, 0.15) is 0 Å². The molecule has 1 heteroatoms. The number of halogens is 1. The van der Waals surface area contributed by atoms with E-state index in [0.29, 0.717) is 0 Å². The van der Waals surface area contributed by atoms with Crippen molar-refractivity contribution in [1.82, 2.24) is 0 Å². The summed E-state index contributed by atoms with van der Waals surface area (Å²) in [6.45, 7) is 11.7. The van der Waals surface area contributed by atoms with Crippen molar-refractivity contribution in [2.75, 3.05) is 0 Å². The van der Waals surface area contributed by atoms with E-state index in [0.717, 1.165) is 4.48 Å². The van der Waals surface area contributed by atoms with Crippen molar-refractivity contribution in [2.45, 2.75) is 27.7 Å². The molecule has 0 aromatic heterocycles. The van der Waals surface area contributed by atoms with Crippen molar-refractivity contribution >= 4 is 15.9 Å². The molecule has 0 atom stereocenters. The molecule has 0 saturated carbocycles. The van der Waals surface area contributed by atoms with Gasteiger partial charge in [0.15, 0.2) is 0 Å². The second-order valence-electron chi connectivity index (χ2n) is 1.77.